The molecule has 3 aromatic carbocycles. The predicted molar refractivity (Wildman–Crippen MR) is 123 cm³/mol. The van der Waals surface area contributed by atoms with Crippen molar-refractivity contribution in [3.05, 3.63) is 102 Å². The van der Waals surface area contributed by atoms with Gasteiger partial charge in [-0.2, -0.15) is 5.10 Å². The second-order valence-corrected chi connectivity index (χ2v) is 7.39. The van der Waals surface area contributed by atoms with Crippen LogP contribution in [0.2, 0.25) is 0 Å². The molecular weight excluding hydrogens is 386 g/mol. The van der Waals surface area contributed by atoms with Crippen molar-refractivity contribution in [3.63, 3.8) is 0 Å². The highest BCUT2D eigenvalue weighted by Crippen LogP contribution is 2.25. The molecule has 0 bridgehead atoms. The van der Waals surface area contributed by atoms with Crippen LogP contribution in [0.4, 0.5) is 0 Å². The highest BCUT2D eigenvalue weighted by Gasteiger charge is 2.18. The first-order chi connectivity index (χ1) is 15.1. The molecule has 0 aliphatic carbocycles. The Balaban J connectivity index is 1.64. The van der Waals surface area contributed by atoms with E-state index >= 15 is 0 Å². The number of nitrogens with zero attached hydrogens (tertiary/aromatic N) is 2. The third kappa shape index (κ3) is 4.83. The number of rotatable bonds is 7. The lowest BCUT2D eigenvalue weighted by molar-refractivity contribution is 0.0946. The van der Waals surface area contributed by atoms with Gasteiger partial charge in [-0.3, -0.25) is 4.79 Å². The zero-order valence-corrected chi connectivity index (χ0v) is 17.7. The van der Waals surface area contributed by atoms with Gasteiger partial charge in [0.1, 0.15) is 11.4 Å². The number of benzene rings is 3. The Morgan fingerprint density at radius 1 is 0.968 bits per heavy atom. The van der Waals surface area contributed by atoms with E-state index < -0.39 is 0 Å². The largest absolute Gasteiger partial charge is 0.497 e. The number of carbonyl (C=O) groups excluding carboxylic acids is 1. The molecule has 4 aromatic rings. The first-order valence-electron chi connectivity index (χ1n) is 10.3. The van der Waals surface area contributed by atoms with Crippen LogP contribution in [0, 0.1) is 6.92 Å². The molecule has 5 heteroatoms. The maximum atomic E-state index is 13.1. The molecule has 0 saturated heterocycles. The summed E-state index contributed by atoms with van der Waals surface area (Å²) in [4.78, 5) is 13.1. The van der Waals surface area contributed by atoms with E-state index in [1.807, 2.05) is 79.7 Å². The van der Waals surface area contributed by atoms with Gasteiger partial charge in [-0.15, -0.1) is 0 Å². The Labute approximate surface area is 182 Å². The smallest absolute Gasteiger partial charge is 0.270 e. The van der Waals surface area contributed by atoms with Gasteiger partial charge >= 0.3 is 0 Å². The van der Waals surface area contributed by atoms with Gasteiger partial charge < -0.3 is 10.1 Å². The second kappa shape index (κ2) is 9.30. The minimum absolute atomic E-state index is 0.154. The Morgan fingerprint density at radius 3 is 2.55 bits per heavy atom. The van der Waals surface area contributed by atoms with E-state index in [0.29, 0.717) is 17.9 Å². The molecular formula is C26H25N3O2. The van der Waals surface area contributed by atoms with E-state index in [1.165, 1.54) is 5.56 Å². The molecule has 0 saturated carbocycles. The number of ether oxygens (including phenoxy) is 1. The third-order valence-electron chi connectivity index (χ3n) is 5.10. The standard InChI is InChI=1S/C26H25N3O2/c1-19-8-6-12-22(16-19)29-25(26(30)27-15-14-20-9-4-3-5-10-20)18-24(28-29)21-11-7-13-23(17-21)31-2/h3-13,16-18H,14-15H2,1-2H3,(H,27,30). The lowest BCUT2D eigenvalue weighted by Crippen LogP contribution is -2.27. The average molecular weight is 412 g/mol. The molecule has 1 amide bonds. The van der Waals surface area contributed by atoms with Crippen molar-refractivity contribution < 1.29 is 9.53 Å². The summed E-state index contributed by atoms with van der Waals surface area (Å²) in [7, 11) is 1.63. The van der Waals surface area contributed by atoms with Crippen LogP contribution < -0.4 is 10.1 Å². The molecule has 0 spiro atoms. The van der Waals surface area contributed by atoms with E-state index in [2.05, 4.69) is 17.4 Å². The maximum absolute atomic E-state index is 13.1. The van der Waals surface area contributed by atoms with Gasteiger partial charge in [-0.05, 0) is 54.8 Å². The second-order valence-electron chi connectivity index (χ2n) is 7.39. The lowest BCUT2D eigenvalue weighted by Gasteiger charge is -2.09. The fraction of sp³-hybridized carbons (Fsp3) is 0.154. The summed E-state index contributed by atoms with van der Waals surface area (Å²) in [5, 5.41) is 7.79. The summed E-state index contributed by atoms with van der Waals surface area (Å²) in [6, 6.07) is 27.6. The molecule has 0 atom stereocenters. The number of nitrogens with one attached hydrogen (secondary N) is 1. The van der Waals surface area contributed by atoms with Crippen LogP contribution in [0.25, 0.3) is 16.9 Å². The van der Waals surface area contributed by atoms with Gasteiger partial charge in [0, 0.05) is 12.1 Å². The fourth-order valence-corrected chi connectivity index (χ4v) is 3.48. The number of methoxy groups -OCH3 is 1. The van der Waals surface area contributed by atoms with Gasteiger partial charge in [0.15, 0.2) is 0 Å². The van der Waals surface area contributed by atoms with Crippen molar-refractivity contribution in [1.82, 2.24) is 15.1 Å². The summed E-state index contributed by atoms with van der Waals surface area (Å²) in [6.07, 6.45) is 0.772. The molecule has 0 aliphatic rings. The molecule has 156 valence electrons. The summed E-state index contributed by atoms with van der Waals surface area (Å²) >= 11 is 0. The topological polar surface area (TPSA) is 56.1 Å². The van der Waals surface area contributed by atoms with Gasteiger partial charge in [0.2, 0.25) is 0 Å². The van der Waals surface area contributed by atoms with Crippen LogP contribution >= 0.6 is 0 Å². The average Bonchev–Trinajstić information content (AvgIpc) is 3.26. The van der Waals surface area contributed by atoms with Crippen molar-refractivity contribution in [2.75, 3.05) is 13.7 Å². The Kier molecular flexibility index (Phi) is 6.13. The third-order valence-corrected chi connectivity index (χ3v) is 5.10. The van der Waals surface area contributed by atoms with Crippen molar-refractivity contribution in [2.24, 2.45) is 0 Å². The molecule has 1 heterocycles. The van der Waals surface area contributed by atoms with Gasteiger partial charge in [0.25, 0.3) is 5.91 Å². The zero-order valence-electron chi connectivity index (χ0n) is 17.7. The van der Waals surface area contributed by atoms with E-state index in [9.17, 15) is 4.79 Å². The van der Waals surface area contributed by atoms with Crippen LogP contribution in [0.1, 0.15) is 21.6 Å². The van der Waals surface area contributed by atoms with Crippen LogP contribution in [0.15, 0.2) is 84.9 Å². The summed E-state index contributed by atoms with van der Waals surface area (Å²) in [5.74, 6) is 0.593. The van der Waals surface area contributed by atoms with E-state index in [4.69, 9.17) is 9.84 Å². The summed E-state index contributed by atoms with van der Waals surface area (Å²) in [6.45, 7) is 2.58. The molecule has 4 rings (SSSR count). The van der Waals surface area contributed by atoms with E-state index in [-0.39, 0.29) is 5.91 Å². The molecule has 0 aliphatic heterocycles. The van der Waals surface area contributed by atoms with Crippen LogP contribution in [0.5, 0.6) is 5.75 Å². The highest BCUT2D eigenvalue weighted by atomic mass is 16.5. The minimum atomic E-state index is -0.154. The van der Waals surface area contributed by atoms with E-state index in [0.717, 1.165) is 29.0 Å². The van der Waals surface area contributed by atoms with Crippen molar-refractivity contribution in [1.29, 1.82) is 0 Å². The van der Waals surface area contributed by atoms with Crippen LogP contribution in [-0.2, 0) is 6.42 Å². The Hall–Kier alpha value is -3.86. The van der Waals surface area contributed by atoms with Crippen molar-refractivity contribution >= 4 is 5.91 Å². The van der Waals surface area contributed by atoms with Crippen LogP contribution in [0.3, 0.4) is 0 Å². The molecule has 31 heavy (non-hydrogen) atoms. The van der Waals surface area contributed by atoms with E-state index in [1.54, 1.807) is 11.8 Å². The molecule has 0 unspecified atom stereocenters. The first kappa shape index (κ1) is 20.4. The minimum Gasteiger partial charge on any atom is -0.497 e. The molecule has 0 fully saturated rings. The van der Waals surface area contributed by atoms with Crippen molar-refractivity contribution in [3.8, 4) is 22.7 Å². The van der Waals surface area contributed by atoms with Gasteiger partial charge in [-0.1, -0.05) is 54.6 Å². The first-order valence-corrected chi connectivity index (χ1v) is 10.3. The number of amides is 1. The zero-order chi connectivity index (χ0) is 21.6. The summed E-state index contributed by atoms with van der Waals surface area (Å²) in [5.41, 5.74) is 5.25. The Morgan fingerprint density at radius 2 is 1.77 bits per heavy atom. The molecule has 0 radical (unpaired) electrons. The van der Waals surface area contributed by atoms with Gasteiger partial charge in [0.05, 0.1) is 18.5 Å². The maximum Gasteiger partial charge on any atom is 0.270 e. The molecule has 1 N–H and O–H groups in total. The normalized spacial score (nSPS) is 10.6. The Bertz CT molecular complexity index is 1180. The molecule has 5 nitrogen and oxygen atoms in total. The number of aromatic nitrogens is 2. The fourth-order valence-electron chi connectivity index (χ4n) is 3.48. The highest BCUT2D eigenvalue weighted by molar-refractivity contribution is 5.94. The summed E-state index contributed by atoms with van der Waals surface area (Å²) < 4.78 is 7.05. The lowest BCUT2D eigenvalue weighted by atomic mass is 10.1. The van der Waals surface area contributed by atoms with Gasteiger partial charge in [-0.25, -0.2) is 4.68 Å². The number of hydrogen-bond acceptors (Lipinski definition) is 3. The SMILES string of the molecule is COc1cccc(-c2cc(C(=O)NCCc3ccccc3)n(-c3cccc(C)c3)n2)c1. The van der Waals surface area contributed by atoms with Crippen molar-refractivity contribution in [2.45, 2.75) is 13.3 Å². The number of carbonyl (C=O) groups is 1. The number of aryl methyl sites for hydroxylation is 1. The quantitative estimate of drug-likeness (QED) is 0.474. The molecule has 1 aromatic heterocycles. The van der Waals surface area contributed by atoms with Crippen LogP contribution in [-0.4, -0.2) is 29.3 Å². The monoisotopic (exact) mass is 411 g/mol. The predicted octanol–water partition coefficient (Wildman–Crippen LogP) is 4.83. The number of hydrogen-bond donors (Lipinski definition) is 1.